The van der Waals surface area contributed by atoms with Crippen LogP contribution in [0.2, 0.25) is 0 Å². The van der Waals surface area contributed by atoms with Crippen molar-refractivity contribution < 1.29 is 4.79 Å². The molecule has 1 atom stereocenters. The molecule has 0 aromatic carbocycles. The number of aromatic nitrogens is 1. The summed E-state index contributed by atoms with van der Waals surface area (Å²) in [5.74, 6) is 0. The van der Waals surface area contributed by atoms with Gasteiger partial charge in [-0.2, -0.15) is 0 Å². The van der Waals surface area contributed by atoms with Crippen LogP contribution >= 0.6 is 0 Å². The molecule has 0 aliphatic rings. The normalized spacial score (nSPS) is 5.78. The van der Waals surface area contributed by atoms with Crippen LogP contribution in [0.15, 0.2) is 30.6 Å². The standard InChI is InChI=1S/C5H5N.CH2O.AsH3/c1-2-4-6-5-3-1;1-2;/h1-5H;1H2;1H3. The zero-order valence-electron chi connectivity index (χ0n) is 5.16. The number of rotatable bonds is 0. The van der Waals surface area contributed by atoms with Gasteiger partial charge in [0, 0.05) is 12.4 Å². The molecule has 0 fully saturated rings. The van der Waals surface area contributed by atoms with Crippen molar-refractivity contribution in [3.8, 4) is 0 Å². The van der Waals surface area contributed by atoms with Crippen LogP contribution in [0.25, 0.3) is 0 Å². The van der Waals surface area contributed by atoms with Crippen molar-refractivity contribution in [1.29, 1.82) is 0 Å². The number of hydrogen-bond acceptors (Lipinski definition) is 2. The molecule has 50 valence electrons. The van der Waals surface area contributed by atoms with Gasteiger partial charge in [-0.3, -0.25) is 4.98 Å². The molecular weight excluding hydrogens is 177 g/mol. The fourth-order valence-electron chi connectivity index (χ4n) is 0.313. The zero-order chi connectivity index (χ0) is 6.24. The van der Waals surface area contributed by atoms with Crippen LogP contribution in [0.3, 0.4) is 0 Å². The van der Waals surface area contributed by atoms with Gasteiger partial charge in [-0.1, -0.05) is 6.07 Å². The minimum atomic E-state index is 0. The second-order valence-corrected chi connectivity index (χ2v) is 1.02. The second-order valence-electron chi connectivity index (χ2n) is 1.02. The van der Waals surface area contributed by atoms with Crippen LogP contribution in [0.5, 0.6) is 0 Å². The average Bonchev–Trinajstić information content (AvgIpc) is 1.96. The van der Waals surface area contributed by atoms with Crippen LogP contribution < -0.4 is 0 Å². The molecule has 0 amide bonds. The number of carbonyl (C=O) groups excluding carboxylic acids is 1. The van der Waals surface area contributed by atoms with Crippen molar-refractivity contribution in [2.24, 2.45) is 0 Å². The maximum atomic E-state index is 8.00. The number of carbonyl (C=O) groups is 1. The van der Waals surface area contributed by atoms with E-state index in [0.29, 0.717) is 0 Å². The van der Waals surface area contributed by atoms with Gasteiger partial charge in [-0.25, -0.2) is 0 Å². The average molecular weight is 187 g/mol. The third-order valence-corrected chi connectivity index (χ3v) is 0.566. The summed E-state index contributed by atoms with van der Waals surface area (Å²) < 4.78 is 0. The number of pyridine rings is 1. The molecule has 9 heavy (non-hydrogen) atoms. The van der Waals surface area contributed by atoms with Gasteiger partial charge in [0.2, 0.25) is 0 Å². The van der Waals surface area contributed by atoms with E-state index in [1.807, 2.05) is 25.0 Å². The van der Waals surface area contributed by atoms with Gasteiger partial charge >= 0.3 is 18.0 Å². The Morgan fingerprint density at radius 2 is 1.44 bits per heavy atom. The summed E-state index contributed by atoms with van der Waals surface area (Å²) in [5, 5.41) is 0. The van der Waals surface area contributed by atoms with Crippen molar-refractivity contribution in [3.05, 3.63) is 30.6 Å². The van der Waals surface area contributed by atoms with Crippen molar-refractivity contribution in [2.75, 3.05) is 0 Å². The minimum absolute atomic E-state index is 0. The summed E-state index contributed by atoms with van der Waals surface area (Å²) >= 11 is 0. The van der Waals surface area contributed by atoms with Crippen LogP contribution in [-0.4, -0.2) is 29.7 Å². The van der Waals surface area contributed by atoms with Gasteiger partial charge in [0.25, 0.3) is 0 Å². The summed E-state index contributed by atoms with van der Waals surface area (Å²) in [6.07, 6.45) is 3.50. The van der Waals surface area contributed by atoms with Gasteiger partial charge in [0.15, 0.2) is 0 Å². The fraction of sp³-hybridized carbons (Fsp3) is 0. The molecule has 1 heterocycles. The third-order valence-electron chi connectivity index (χ3n) is 0.566. The van der Waals surface area contributed by atoms with Crippen LogP contribution in [0.1, 0.15) is 0 Å². The van der Waals surface area contributed by atoms with Gasteiger partial charge in [-0.05, 0) is 12.1 Å². The molecule has 0 aliphatic heterocycles. The Hall–Kier alpha value is -0.622. The van der Waals surface area contributed by atoms with E-state index in [4.69, 9.17) is 4.79 Å². The SMILES string of the molecule is C=O.[AsH3].c1ccncc1. The molecule has 3 heteroatoms. The Morgan fingerprint density at radius 3 is 1.56 bits per heavy atom. The van der Waals surface area contributed by atoms with Crippen molar-refractivity contribution in [3.63, 3.8) is 0 Å². The quantitative estimate of drug-likeness (QED) is 0.522. The summed E-state index contributed by atoms with van der Waals surface area (Å²) in [4.78, 5) is 11.8. The summed E-state index contributed by atoms with van der Waals surface area (Å²) in [6.45, 7) is 2.00. The van der Waals surface area contributed by atoms with E-state index >= 15 is 0 Å². The van der Waals surface area contributed by atoms with Crippen molar-refractivity contribution >= 4 is 24.7 Å². The molecule has 0 aliphatic carbocycles. The first-order chi connectivity index (χ1) is 4.00. The van der Waals surface area contributed by atoms with E-state index in [2.05, 4.69) is 4.98 Å². The molecule has 0 spiro atoms. The summed E-state index contributed by atoms with van der Waals surface area (Å²) in [7, 11) is 0. The largest absolute Gasteiger partial charge is 0.265 e. The molecule has 0 saturated heterocycles. The molecule has 0 radical (unpaired) electrons. The van der Waals surface area contributed by atoms with E-state index in [1.165, 1.54) is 0 Å². The van der Waals surface area contributed by atoms with Crippen LogP contribution in [0, 0.1) is 0 Å². The topological polar surface area (TPSA) is 30.0 Å². The maximum absolute atomic E-state index is 8.00. The van der Waals surface area contributed by atoms with Crippen molar-refractivity contribution in [2.45, 2.75) is 0 Å². The van der Waals surface area contributed by atoms with Crippen LogP contribution in [0.4, 0.5) is 0 Å². The molecule has 1 unspecified atom stereocenters. The van der Waals surface area contributed by atoms with Gasteiger partial charge in [-0.15, -0.1) is 0 Å². The zero-order valence-corrected chi connectivity index (χ0v) is 8.12. The molecule has 1 rings (SSSR count). The molecule has 2 nitrogen and oxygen atoms in total. The summed E-state index contributed by atoms with van der Waals surface area (Å²) in [5.41, 5.74) is 0. The first kappa shape index (κ1) is 11.2. The monoisotopic (exact) mass is 187 g/mol. The number of nitrogens with zero attached hydrogens (tertiary/aromatic N) is 1. The Balaban J connectivity index is 0. The smallest absolute Gasteiger partial charge is 0.0267 e. The van der Waals surface area contributed by atoms with Crippen molar-refractivity contribution in [1.82, 2.24) is 4.98 Å². The summed E-state index contributed by atoms with van der Waals surface area (Å²) in [6, 6.07) is 5.72. The molecule has 1 aromatic heterocycles. The van der Waals surface area contributed by atoms with E-state index in [0.717, 1.165) is 0 Å². The first-order valence-corrected chi connectivity index (χ1v) is 2.14. The van der Waals surface area contributed by atoms with E-state index in [1.54, 1.807) is 12.4 Å². The fourth-order valence-corrected chi connectivity index (χ4v) is 0.313. The van der Waals surface area contributed by atoms with Gasteiger partial charge in [0.05, 0.1) is 0 Å². The molecule has 0 saturated carbocycles. The predicted octanol–water partition coefficient (Wildman–Crippen LogP) is -0.287. The Morgan fingerprint density at radius 1 is 1.00 bits per heavy atom. The second kappa shape index (κ2) is 10.4. The van der Waals surface area contributed by atoms with E-state index in [9.17, 15) is 0 Å². The van der Waals surface area contributed by atoms with Crippen LogP contribution in [-0.2, 0) is 4.79 Å². The minimum Gasteiger partial charge on any atom is -0.265 e. The predicted molar refractivity (Wildman–Crippen MR) is 41.3 cm³/mol. The maximum Gasteiger partial charge on any atom is 0.0267 e. The number of hydrogen-bond donors (Lipinski definition) is 0. The third kappa shape index (κ3) is 7.38. The molecule has 0 bridgehead atoms. The van der Waals surface area contributed by atoms with Gasteiger partial charge < -0.3 is 4.79 Å². The molecule has 1 aromatic rings. The molecule has 0 N–H and O–H groups in total. The Bertz CT molecular complexity index is 95.9. The molecular formula is C6H10AsNO. The van der Waals surface area contributed by atoms with E-state index < -0.39 is 0 Å². The van der Waals surface area contributed by atoms with Gasteiger partial charge in [0.1, 0.15) is 6.79 Å². The first-order valence-electron chi connectivity index (χ1n) is 2.14. The Labute approximate surface area is 65.6 Å². The van der Waals surface area contributed by atoms with E-state index in [-0.39, 0.29) is 18.0 Å². The Kier molecular flexibility index (Phi) is 12.9.